The van der Waals surface area contributed by atoms with E-state index in [9.17, 15) is 14.4 Å². The van der Waals surface area contributed by atoms with Gasteiger partial charge in [0.25, 0.3) is 11.5 Å². The summed E-state index contributed by atoms with van der Waals surface area (Å²) < 4.78 is 12.9. The first-order valence-electron chi connectivity index (χ1n) is 12.2. The number of hydrogen-bond donors (Lipinski definition) is 0. The standard InChI is InChI=1S/C28H26ClN3O5S/c1-6-31-19-10-8-7-9-17(19)22(25(31)33)24-26(34)32-23(18-13-16(29)11-12-20(18)36-5)21(27(35)37-14(2)3)15(4)30-28(32)38-24/h7-14,23H,6H2,1-5H3/b24-22-/t23-/m0/s1. The first kappa shape index (κ1) is 25.9. The van der Waals surface area contributed by atoms with Gasteiger partial charge >= 0.3 is 5.97 Å². The predicted molar refractivity (Wildman–Crippen MR) is 146 cm³/mol. The molecule has 1 aromatic heterocycles. The van der Waals surface area contributed by atoms with E-state index >= 15 is 0 Å². The molecule has 0 saturated carbocycles. The number of halogens is 1. The fourth-order valence-electron chi connectivity index (χ4n) is 4.94. The van der Waals surface area contributed by atoms with Gasteiger partial charge in [-0.25, -0.2) is 9.79 Å². The molecule has 3 aromatic rings. The average molecular weight is 552 g/mol. The molecule has 1 atom stereocenters. The zero-order valence-corrected chi connectivity index (χ0v) is 23.1. The molecule has 0 spiro atoms. The van der Waals surface area contributed by atoms with E-state index in [-0.39, 0.29) is 22.1 Å². The van der Waals surface area contributed by atoms with Crippen LogP contribution in [-0.4, -0.2) is 36.2 Å². The predicted octanol–water partition coefficient (Wildman–Crippen LogP) is 3.59. The van der Waals surface area contributed by atoms with Crippen LogP contribution < -0.4 is 24.5 Å². The molecule has 8 nitrogen and oxygen atoms in total. The number of ether oxygens (including phenoxy) is 2. The normalized spacial score (nSPS) is 17.9. The lowest BCUT2D eigenvalue weighted by Crippen LogP contribution is -2.41. The number of amides is 1. The molecule has 0 bridgehead atoms. The Morgan fingerprint density at radius 2 is 1.92 bits per heavy atom. The van der Waals surface area contributed by atoms with Gasteiger partial charge < -0.3 is 14.4 Å². The van der Waals surface area contributed by atoms with Crippen molar-refractivity contribution >= 4 is 46.1 Å². The highest BCUT2D eigenvalue weighted by Gasteiger charge is 2.38. The molecular formula is C28H26ClN3O5S. The van der Waals surface area contributed by atoms with Crippen molar-refractivity contribution in [3.05, 3.63) is 89.6 Å². The number of aromatic nitrogens is 1. The number of nitrogens with zero attached hydrogens (tertiary/aromatic N) is 3. The lowest BCUT2D eigenvalue weighted by Gasteiger charge is -2.26. The summed E-state index contributed by atoms with van der Waals surface area (Å²) in [4.78, 5) is 47.7. The summed E-state index contributed by atoms with van der Waals surface area (Å²) in [7, 11) is 1.51. The Hall–Kier alpha value is -3.69. The van der Waals surface area contributed by atoms with E-state index in [1.807, 2.05) is 31.2 Å². The van der Waals surface area contributed by atoms with Crippen LogP contribution in [0.1, 0.15) is 44.9 Å². The van der Waals surface area contributed by atoms with Gasteiger partial charge in [-0.2, -0.15) is 0 Å². The highest BCUT2D eigenvalue weighted by atomic mass is 35.5. The molecular weight excluding hydrogens is 526 g/mol. The van der Waals surface area contributed by atoms with Gasteiger partial charge in [0.05, 0.1) is 35.7 Å². The van der Waals surface area contributed by atoms with Crippen LogP contribution in [0.2, 0.25) is 5.02 Å². The molecule has 10 heteroatoms. The number of methoxy groups -OCH3 is 1. The quantitative estimate of drug-likeness (QED) is 0.452. The zero-order valence-electron chi connectivity index (χ0n) is 21.6. The maximum atomic E-state index is 14.2. The molecule has 3 heterocycles. The molecule has 0 fully saturated rings. The monoisotopic (exact) mass is 551 g/mol. The summed E-state index contributed by atoms with van der Waals surface area (Å²) in [6, 6.07) is 11.5. The Kier molecular flexibility index (Phi) is 6.75. The van der Waals surface area contributed by atoms with Gasteiger partial charge in [-0.3, -0.25) is 14.2 Å². The second kappa shape index (κ2) is 9.89. The first-order valence-corrected chi connectivity index (χ1v) is 13.4. The highest BCUT2D eigenvalue weighted by molar-refractivity contribution is 7.07. The van der Waals surface area contributed by atoms with E-state index in [1.165, 1.54) is 11.7 Å². The van der Waals surface area contributed by atoms with E-state index in [0.29, 0.717) is 44.5 Å². The largest absolute Gasteiger partial charge is 0.496 e. The number of rotatable bonds is 5. The van der Waals surface area contributed by atoms with Gasteiger partial charge in [0.2, 0.25) is 0 Å². The lowest BCUT2D eigenvalue weighted by atomic mass is 9.95. The third-order valence-corrected chi connectivity index (χ3v) is 7.80. The van der Waals surface area contributed by atoms with Crippen molar-refractivity contribution in [1.29, 1.82) is 0 Å². The van der Waals surface area contributed by atoms with Crippen molar-refractivity contribution in [2.24, 2.45) is 4.99 Å². The summed E-state index contributed by atoms with van der Waals surface area (Å²) in [6.45, 7) is 7.56. The van der Waals surface area contributed by atoms with Crippen molar-refractivity contribution in [2.75, 3.05) is 18.6 Å². The van der Waals surface area contributed by atoms with E-state index in [0.717, 1.165) is 17.0 Å². The number of benzene rings is 2. The highest BCUT2D eigenvalue weighted by Crippen LogP contribution is 2.38. The Bertz CT molecular complexity index is 1700. The van der Waals surface area contributed by atoms with Crippen molar-refractivity contribution in [1.82, 2.24) is 4.57 Å². The van der Waals surface area contributed by atoms with Crippen LogP contribution in [0.15, 0.2) is 63.5 Å². The molecule has 1 amide bonds. The van der Waals surface area contributed by atoms with Crippen LogP contribution in [0, 0.1) is 0 Å². The fraction of sp³-hybridized carbons (Fsp3) is 0.286. The summed E-state index contributed by atoms with van der Waals surface area (Å²) in [5.74, 6) is -0.390. The summed E-state index contributed by atoms with van der Waals surface area (Å²) in [6.07, 6.45) is -0.385. The van der Waals surface area contributed by atoms with Gasteiger partial charge in [0, 0.05) is 22.7 Å². The number of thiazole rings is 1. The van der Waals surface area contributed by atoms with Crippen LogP contribution in [0.4, 0.5) is 5.69 Å². The van der Waals surface area contributed by atoms with Crippen molar-refractivity contribution in [2.45, 2.75) is 39.8 Å². The maximum absolute atomic E-state index is 14.2. The van der Waals surface area contributed by atoms with E-state index in [1.54, 1.807) is 43.9 Å². The van der Waals surface area contributed by atoms with E-state index in [4.69, 9.17) is 21.1 Å². The Labute approximate surface area is 228 Å². The second-order valence-electron chi connectivity index (χ2n) is 9.18. The van der Waals surface area contributed by atoms with Crippen LogP contribution in [0.25, 0.3) is 5.57 Å². The molecule has 2 aromatic carbocycles. The first-order chi connectivity index (χ1) is 18.2. The maximum Gasteiger partial charge on any atom is 0.338 e. The molecule has 5 rings (SSSR count). The van der Waals surface area contributed by atoms with Gasteiger partial charge in [-0.05, 0) is 52.0 Å². The minimum absolute atomic E-state index is 0.205. The number of carbonyl (C=O) groups is 2. The van der Waals surface area contributed by atoms with Gasteiger partial charge in [-0.15, -0.1) is 0 Å². The molecule has 0 N–H and O–H groups in total. The molecule has 0 saturated heterocycles. The molecule has 0 aliphatic carbocycles. The number of anilines is 1. The third-order valence-electron chi connectivity index (χ3n) is 6.51. The van der Waals surface area contributed by atoms with Crippen molar-refractivity contribution < 1.29 is 19.1 Å². The zero-order chi connectivity index (χ0) is 27.3. The second-order valence-corrected chi connectivity index (χ2v) is 10.6. The topological polar surface area (TPSA) is 90.2 Å². The number of para-hydroxylation sites is 1. The fourth-order valence-corrected chi connectivity index (χ4v) is 6.25. The number of likely N-dealkylation sites (N-methyl/N-ethyl adjacent to an activating group) is 1. The Morgan fingerprint density at radius 3 is 2.61 bits per heavy atom. The van der Waals surface area contributed by atoms with Crippen molar-refractivity contribution in [3.63, 3.8) is 0 Å². The minimum Gasteiger partial charge on any atom is -0.496 e. The van der Waals surface area contributed by atoms with Crippen LogP contribution in [-0.2, 0) is 14.3 Å². The Balaban J connectivity index is 1.85. The SMILES string of the molecule is CCN1C(=O)/C(=c2\sc3n(c2=O)[C@@H](c2cc(Cl)ccc2OC)C(C(=O)OC(C)C)=C(C)N=3)c2ccccc21. The number of hydrogen-bond acceptors (Lipinski definition) is 7. The molecule has 196 valence electrons. The number of fused-ring (bicyclic) bond motifs is 2. The van der Waals surface area contributed by atoms with E-state index in [2.05, 4.69) is 4.99 Å². The van der Waals surface area contributed by atoms with Gasteiger partial charge in [0.15, 0.2) is 4.80 Å². The summed E-state index contributed by atoms with van der Waals surface area (Å²) in [5, 5.41) is 0.412. The average Bonchev–Trinajstić information content (AvgIpc) is 3.34. The molecule has 0 radical (unpaired) electrons. The van der Waals surface area contributed by atoms with E-state index < -0.39 is 17.6 Å². The minimum atomic E-state index is -0.922. The smallest absolute Gasteiger partial charge is 0.338 e. The summed E-state index contributed by atoms with van der Waals surface area (Å²) in [5.41, 5.74) is 2.47. The summed E-state index contributed by atoms with van der Waals surface area (Å²) >= 11 is 7.50. The van der Waals surface area contributed by atoms with Crippen molar-refractivity contribution in [3.8, 4) is 5.75 Å². The van der Waals surface area contributed by atoms with Gasteiger partial charge in [-0.1, -0.05) is 41.1 Å². The lowest BCUT2D eigenvalue weighted by molar-refractivity contribution is -0.143. The van der Waals surface area contributed by atoms with Gasteiger partial charge in [0.1, 0.15) is 16.3 Å². The third kappa shape index (κ3) is 4.06. The number of esters is 1. The number of allylic oxidation sites excluding steroid dienone is 1. The Morgan fingerprint density at radius 1 is 1.18 bits per heavy atom. The molecule has 2 aliphatic rings. The number of carbonyl (C=O) groups excluding carboxylic acids is 2. The van der Waals surface area contributed by atoms with Crippen LogP contribution in [0.5, 0.6) is 5.75 Å². The molecule has 2 aliphatic heterocycles. The van der Waals surface area contributed by atoms with Crippen LogP contribution in [0.3, 0.4) is 0 Å². The molecule has 38 heavy (non-hydrogen) atoms. The van der Waals surface area contributed by atoms with Crippen LogP contribution >= 0.6 is 22.9 Å². The molecule has 0 unspecified atom stereocenters.